The molecule has 4 rings (SSSR count). The Kier molecular flexibility index (Phi) is 2.32. The lowest BCUT2D eigenvalue weighted by atomic mass is 9.75. The second kappa shape index (κ2) is 3.41. The average Bonchev–Trinajstić information content (AvgIpc) is 2.41. The maximum absolute atomic E-state index is 12.0. The molecule has 4 atom stereocenters. The van der Waals surface area contributed by atoms with E-state index >= 15 is 0 Å². The van der Waals surface area contributed by atoms with E-state index in [1.165, 1.54) is 6.42 Å². The van der Waals surface area contributed by atoms with Gasteiger partial charge < -0.3 is 15.8 Å². The summed E-state index contributed by atoms with van der Waals surface area (Å²) in [6.45, 7) is 5.68. The molecular formula is C14H24N2O2. The molecule has 4 nitrogen and oxygen atoms in total. The zero-order valence-electron chi connectivity index (χ0n) is 11.6. The van der Waals surface area contributed by atoms with E-state index in [0.717, 1.165) is 25.7 Å². The number of rotatable bonds is 1. The zero-order chi connectivity index (χ0) is 13.2. The molecule has 4 saturated carbocycles. The van der Waals surface area contributed by atoms with Crippen molar-refractivity contribution in [3.63, 3.8) is 0 Å². The van der Waals surface area contributed by atoms with Gasteiger partial charge in [0.1, 0.15) is 5.60 Å². The predicted molar refractivity (Wildman–Crippen MR) is 69.1 cm³/mol. The quantitative estimate of drug-likeness (QED) is 0.751. The third-order valence-electron chi connectivity index (χ3n) is 4.85. The molecule has 4 bridgehead atoms. The van der Waals surface area contributed by atoms with Gasteiger partial charge in [0.2, 0.25) is 0 Å². The van der Waals surface area contributed by atoms with Crippen molar-refractivity contribution in [3.8, 4) is 0 Å². The van der Waals surface area contributed by atoms with Gasteiger partial charge >= 0.3 is 6.09 Å². The van der Waals surface area contributed by atoms with Gasteiger partial charge in [-0.15, -0.1) is 0 Å². The number of nitrogens with one attached hydrogen (secondary N) is 1. The Morgan fingerprint density at radius 3 is 2.61 bits per heavy atom. The zero-order valence-corrected chi connectivity index (χ0v) is 11.6. The Hall–Kier alpha value is -0.770. The number of carbonyl (C=O) groups excluding carboxylic acids is 1. The van der Waals surface area contributed by atoms with Crippen LogP contribution >= 0.6 is 0 Å². The topological polar surface area (TPSA) is 64.3 Å². The monoisotopic (exact) mass is 252 g/mol. The van der Waals surface area contributed by atoms with E-state index < -0.39 is 5.60 Å². The summed E-state index contributed by atoms with van der Waals surface area (Å²) in [7, 11) is 0. The molecule has 0 heterocycles. The van der Waals surface area contributed by atoms with Crippen LogP contribution in [-0.4, -0.2) is 22.8 Å². The van der Waals surface area contributed by atoms with Crippen molar-refractivity contribution < 1.29 is 9.53 Å². The maximum atomic E-state index is 12.0. The van der Waals surface area contributed by atoms with Gasteiger partial charge in [0.25, 0.3) is 0 Å². The minimum absolute atomic E-state index is 0.0159. The summed E-state index contributed by atoms with van der Waals surface area (Å²) in [5.74, 6) is 1.31. The Labute approximate surface area is 109 Å². The van der Waals surface area contributed by atoms with E-state index in [0.29, 0.717) is 11.8 Å². The van der Waals surface area contributed by atoms with Crippen LogP contribution in [0.4, 0.5) is 4.79 Å². The van der Waals surface area contributed by atoms with Crippen LogP contribution in [-0.2, 0) is 4.74 Å². The summed E-state index contributed by atoms with van der Waals surface area (Å²) in [6, 6.07) is 0. The molecule has 0 aromatic carbocycles. The molecule has 4 aliphatic carbocycles. The molecule has 18 heavy (non-hydrogen) atoms. The number of hydrogen-bond donors (Lipinski definition) is 2. The van der Waals surface area contributed by atoms with Gasteiger partial charge in [0.05, 0.1) is 0 Å². The standard InChI is InChI=1S/C14H24N2O2/c1-12(2,3)18-11(17)16-13-5-9-4-10(7-13)14(15,6-9)8-13/h9-10H,4-8,15H2,1-3H3,(H,16,17). The molecule has 0 spiro atoms. The molecule has 0 aliphatic heterocycles. The van der Waals surface area contributed by atoms with Gasteiger partial charge in [0.15, 0.2) is 0 Å². The Balaban J connectivity index is 1.69. The van der Waals surface area contributed by atoms with Crippen LogP contribution < -0.4 is 11.1 Å². The summed E-state index contributed by atoms with van der Waals surface area (Å²) < 4.78 is 5.38. The van der Waals surface area contributed by atoms with Crippen molar-refractivity contribution in [2.45, 2.75) is 69.6 Å². The molecule has 3 N–H and O–H groups in total. The van der Waals surface area contributed by atoms with E-state index in [1.807, 2.05) is 20.8 Å². The van der Waals surface area contributed by atoms with Crippen LogP contribution in [0.3, 0.4) is 0 Å². The van der Waals surface area contributed by atoms with Gasteiger partial charge in [-0.2, -0.15) is 0 Å². The Morgan fingerprint density at radius 1 is 1.33 bits per heavy atom. The van der Waals surface area contributed by atoms with E-state index in [2.05, 4.69) is 5.32 Å². The molecular weight excluding hydrogens is 228 g/mol. The molecule has 4 unspecified atom stereocenters. The Bertz CT molecular complexity index is 390. The fourth-order valence-electron chi connectivity index (χ4n) is 4.63. The lowest BCUT2D eigenvalue weighted by Gasteiger charge is -2.40. The number of amides is 1. The molecule has 102 valence electrons. The predicted octanol–water partition coefficient (Wildman–Crippen LogP) is 2.17. The molecule has 4 aliphatic rings. The highest BCUT2D eigenvalue weighted by molar-refractivity contribution is 5.69. The third kappa shape index (κ3) is 1.91. The first-order valence-corrected chi connectivity index (χ1v) is 7.00. The van der Waals surface area contributed by atoms with Crippen LogP contribution in [0.15, 0.2) is 0 Å². The highest BCUT2D eigenvalue weighted by atomic mass is 16.6. The van der Waals surface area contributed by atoms with E-state index in [-0.39, 0.29) is 17.2 Å². The van der Waals surface area contributed by atoms with Gasteiger partial charge in [-0.3, -0.25) is 0 Å². The first kappa shape index (κ1) is 12.3. The highest BCUT2D eigenvalue weighted by Gasteiger charge is 2.63. The molecule has 0 aromatic rings. The summed E-state index contributed by atoms with van der Waals surface area (Å²) >= 11 is 0. The first-order chi connectivity index (χ1) is 8.20. The molecule has 4 fully saturated rings. The van der Waals surface area contributed by atoms with Crippen molar-refractivity contribution in [3.05, 3.63) is 0 Å². The maximum Gasteiger partial charge on any atom is 0.408 e. The van der Waals surface area contributed by atoms with E-state index in [9.17, 15) is 4.79 Å². The number of nitrogens with two attached hydrogens (primary N) is 1. The van der Waals surface area contributed by atoms with Crippen LogP contribution in [0, 0.1) is 11.8 Å². The number of alkyl carbamates (subject to hydrolysis) is 1. The number of hydrogen-bond acceptors (Lipinski definition) is 3. The largest absolute Gasteiger partial charge is 0.444 e. The minimum Gasteiger partial charge on any atom is -0.444 e. The molecule has 4 heteroatoms. The van der Waals surface area contributed by atoms with Crippen molar-refractivity contribution in [1.29, 1.82) is 0 Å². The molecule has 0 saturated heterocycles. The van der Waals surface area contributed by atoms with E-state index in [4.69, 9.17) is 10.5 Å². The second-order valence-corrected chi connectivity index (χ2v) is 7.73. The van der Waals surface area contributed by atoms with Crippen LogP contribution in [0.1, 0.15) is 52.9 Å². The van der Waals surface area contributed by atoms with Crippen molar-refractivity contribution in [2.75, 3.05) is 0 Å². The smallest absolute Gasteiger partial charge is 0.408 e. The first-order valence-electron chi connectivity index (χ1n) is 7.00. The van der Waals surface area contributed by atoms with Crippen LogP contribution in [0.2, 0.25) is 0 Å². The lowest BCUT2D eigenvalue weighted by molar-refractivity contribution is 0.0403. The summed E-state index contributed by atoms with van der Waals surface area (Å²) in [6.07, 6.45) is 5.18. The lowest BCUT2D eigenvalue weighted by Crippen LogP contribution is -2.54. The fourth-order valence-corrected chi connectivity index (χ4v) is 4.63. The highest BCUT2D eigenvalue weighted by Crippen LogP contribution is 2.61. The van der Waals surface area contributed by atoms with Gasteiger partial charge in [-0.05, 0) is 64.7 Å². The van der Waals surface area contributed by atoms with Crippen molar-refractivity contribution in [1.82, 2.24) is 5.32 Å². The van der Waals surface area contributed by atoms with Gasteiger partial charge in [-0.1, -0.05) is 0 Å². The SMILES string of the molecule is CC(C)(C)OC(=O)NC12CC3CC(C1)C(N)(C3)C2. The molecule has 0 radical (unpaired) electrons. The average molecular weight is 252 g/mol. The van der Waals surface area contributed by atoms with Crippen LogP contribution in [0.25, 0.3) is 0 Å². The molecule has 1 amide bonds. The van der Waals surface area contributed by atoms with Crippen LogP contribution in [0.5, 0.6) is 0 Å². The number of carbonyl (C=O) groups is 1. The fraction of sp³-hybridized carbons (Fsp3) is 0.929. The van der Waals surface area contributed by atoms with Gasteiger partial charge in [0, 0.05) is 11.1 Å². The normalized spacial score (nSPS) is 45.3. The second-order valence-electron chi connectivity index (χ2n) is 7.73. The van der Waals surface area contributed by atoms with Crippen molar-refractivity contribution in [2.24, 2.45) is 17.6 Å². The minimum atomic E-state index is -0.434. The van der Waals surface area contributed by atoms with Crippen molar-refractivity contribution >= 4 is 6.09 Å². The summed E-state index contributed by atoms with van der Waals surface area (Å²) in [5.41, 5.74) is 5.95. The summed E-state index contributed by atoms with van der Waals surface area (Å²) in [4.78, 5) is 12.0. The van der Waals surface area contributed by atoms with Gasteiger partial charge in [-0.25, -0.2) is 4.79 Å². The number of ether oxygens (including phenoxy) is 1. The molecule has 0 aromatic heterocycles. The summed E-state index contributed by atoms with van der Waals surface area (Å²) in [5, 5.41) is 3.13. The van der Waals surface area contributed by atoms with E-state index in [1.54, 1.807) is 0 Å². The Morgan fingerprint density at radius 2 is 2.06 bits per heavy atom. The third-order valence-corrected chi connectivity index (χ3v) is 4.85.